The minimum atomic E-state index is -0.144. The van der Waals surface area contributed by atoms with Crippen molar-refractivity contribution in [2.45, 2.75) is 13.2 Å². The van der Waals surface area contributed by atoms with Crippen molar-refractivity contribution in [1.82, 2.24) is 5.32 Å². The molecule has 1 saturated heterocycles. The fourth-order valence-corrected chi connectivity index (χ4v) is 2.91. The molecule has 1 N–H and O–H groups in total. The maximum atomic E-state index is 11.7. The fourth-order valence-electron chi connectivity index (χ4n) is 2.74. The maximum absolute atomic E-state index is 11.7. The Labute approximate surface area is 155 Å². The Hall–Kier alpha value is -2.50. The average molecular weight is 372 g/mol. The zero-order valence-corrected chi connectivity index (χ0v) is 14.8. The summed E-state index contributed by atoms with van der Waals surface area (Å²) in [7, 11) is 0. The summed E-state index contributed by atoms with van der Waals surface area (Å²) in [5.74, 6) is 0.588. The summed E-state index contributed by atoms with van der Waals surface area (Å²) in [5, 5.41) is 4.67. The number of carbonyl (C=O) groups is 1. The molecule has 1 aromatic heterocycles. The van der Waals surface area contributed by atoms with Crippen molar-refractivity contribution in [1.29, 1.82) is 0 Å². The number of nitrogens with one attached hydrogen (secondary N) is 1. The second-order valence-corrected chi connectivity index (χ2v) is 6.73. The molecule has 0 unspecified atom stereocenters. The van der Waals surface area contributed by atoms with Gasteiger partial charge in [-0.25, -0.2) is 0 Å². The Morgan fingerprint density at radius 1 is 1.15 bits per heavy atom. The summed E-state index contributed by atoms with van der Waals surface area (Å²) in [4.78, 5) is 11.7. The number of rotatable bonds is 6. The Morgan fingerprint density at radius 3 is 2.69 bits per heavy atom. The Balaban J connectivity index is 1.33. The number of halogens is 1. The highest BCUT2D eigenvalue weighted by molar-refractivity contribution is 6.31. The molecule has 26 heavy (non-hydrogen) atoms. The van der Waals surface area contributed by atoms with Crippen LogP contribution in [0.5, 0.6) is 5.75 Å². The van der Waals surface area contributed by atoms with Crippen molar-refractivity contribution < 1.29 is 18.7 Å². The number of hydrogen-bond donors (Lipinski definition) is 1. The van der Waals surface area contributed by atoms with E-state index in [1.807, 2.05) is 36.4 Å². The third-order valence-corrected chi connectivity index (χ3v) is 4.66. The first-order chi connectivity index (χ1) is 12.7. The smallest absolute Gasteiger partial charge is 0.311 e. The predicted molar refractivity (Wildman–Crippen MR) is 98.2 cm³/mol. The van der Waals surface area contributed by atoms with E-state index in [0.29, 0.717) is 24.7 Å². The fraction of sp³-hybridized carbons (Fsp3) is 0.250. The molecular formula is C20H18ClNO4. The van der Waals surface area contributed by atoms with Crippen LogP contribution in [0, 0.1) is 5.92 Å². The van der Waals surface area contributed by atoms with E-state index in [2.05, 4.69) is 5.32 Å². The number of hydrogen-bond acceptors (Lipinski definition) is 5. The van der Waals surface area contributed by atoms with Crippen molar-refractivity contribution in [2.75, 3.05) is 13.1 Å². The van der Waals surface area contributed by atoms with Crippen LogP contribution in [0.3, 0.4) is 0 Å². The molecule has 0 atom stereocenters. The molecule has 3 aromatic rings. The largest absolute Gasteiger partial charge is 0.489 e. The summed E-state index contributed by atoms with van der Waals surface area (Å²) < 4.78 is 16.6. The second-order valence-electron chi connectivity index (χ2n) is 6.30. The lowest BCUT2D eigenvalue weighted by atomic mass is 10.0. The number of furan rings is 1. The number of carbonyl (C=O) groups excluding carboxylic acids is 1. The minimum absolute atomic E-state index is 0.00380. The van der Waals surface area contributed by atoms with E-state index < -0.39 is 0 Å². The highest BCUT2D eigenvalue weighted by Gasteiger charge is 2.26. The monoisotopic (exact) mass is 371 g/mol. The lowest BCUT2D eigenvalue weighted by molar-refractivity contribution is -0.151. The van der Waals surface area contributed by atoms with Crippen molar-refractivity contribution in [3.05, 3.63) is 64.9 Å². The molecule has 6 heteroatoms. The Morgan fingerprint density at radius 2 is 1.96 bits per heavy atom. The SMILES string of the molecule is O=C(OCc1ccc(OCc2coc3ccc(Cl)cc23)cc1)C1CNC1. The zero-order valence-electron chi connectivity index (χ0n) is 14.0. The van der Waals surface area contributed by atoms with Crippen LogP contribution in [0.4, 0.5) is 0 Å². The molecule has 1 aliphatic rings. The van der Waals surface area contributed by atoms with Gasteiger partial charge in [-0.05, 0) is 35.9 Å². The zero-order chi connectivity index (χ0) is 17.9. The van der Waals surface area contributed by atoms with Gasteiger partial charge in [-0.3, -0.25) is 4.79 Å². The average Bonchev–Trinajstić information content (AvgIpc) is 3.00. The van der Waals surface area contributed by atoms with Gasteiger partial charge in [0, 0.05) is 29.1 Å². The van der Waals surface area contributed by atoms with Gasteiger partial charge in [-0.15, -0.1) is 0 Å². The molecule has 0 saturated carbocycles. The predicted octanol–water partition coefficient (Wildman–Crippen LogP) is 3.93. The van der Waals surface area contributed by atoms with Crippen LogP contribution in [0.15, 0.2) is 53.1 Å². The van der Waals surface area contributed by atoms with E-state index in [1.54, 1.807) is 12.3 Å². The highest BCUT2D eigenvalue weighted by Crippen LogP contribution is 2.26. The van der Waals surface area contributed by atoms with E-state index in [9.17, 15) is 4.79 Å². The number of esters is 1. The summed E-state index contributed by atoms with van der Waals surface area (Å²) in [6.45, 7) is 2.08. The first kappa shape index (κ1) is 16.9. The Bertz CT molecular complexity index is 915. The first-order valence-corrected chi connectivity index (χ1v) is 8.81. The van der Waals surface area contributed by atoms with Crippen molar-refractivity contribution >= 4 is 28.5 Å². The minimum Gasteiger partial charge on any atom is -0.489 e. The number of ether oxygens (including phenoxy) is 2. The van der Waals surface area contributed by atoms with Crippen molar-refractivity contribution in [3.8, 4) is 5.75 Å². The van der Waals surface area contributed by atoms with E-state index in [1.165, 1.54) is 0 Å². The Kier molecular flexibility index (Phi) is 4.82. The second kappa shape index (κ2) is 7.40. The first-order valence-electron chi connectivity index (χ1n) is 8.44. The third-order valence-electron chi connectivity index (χ3n) is 4.43. The van der Waals surface area contributed by atoms with Gasteiger partial charge in [0.05, 0.1) is 12.2 Å². The van der Waals surface area contributed by atoms with Crippen LogP contribution in [0.2, 0.25) is 5.02 Å². The van der Waals surface area contributed by atoms with Crippen LogP contribution in [-0.2, 0) is 22.7 Å². The van der Waals surface area contributed by atoms with Crippen molar-refractivity contribution in [2.24, 2.45) is 5.92 Å². The van der Waals surface area contributed by atoms with Crippen molar-refractivity contribution in [3.63, 3.8) is 0 Å². The molecule has 2 aromatic carbocycles. The lowest BCUT2D eigenvalue weighted by Crippen LogP contribution is -2.47. The molecule has 5 nitrogen and oxygen atoms in total. The highest BCUT2D eigenvalue weighted by atomic mass is 35.5. The number of fused-ring (bicyclic) bond motifs is 1. The van der Waals surface area contributed by atoms with Crippen LogP contribution < -0.4 is 10.1 Å². The van der Waals surface area contributed by atoms with Gasteiger partial charge in [-0.2, -0.15) is 0 Å². The van der Waals surface area contributed by atoms with Crippen LogP contribution in [0.25, 0.3) is 11.0 Å². The summed E-state index contributed by atoms with van der Waals surface area (Å²) in [6, 6.07) is 13.0. The van der Waals surface area contributed by atoms with Crippen LogP contribution in [0.1, 0.15) is 11.1 Å². The molecule has 0 radical (unpaired) electrons. The summed E-state index contributed by atoms with van der Waals surface area (Å²) in [6.07, 6.45) is 1.68. The van der Waals surface area contributed by atoms with Gasteiger partial charge in [0.15, 0.2) is 0 Å². The molecule has 1 aliphatic heterocycles. The van der Waals surface area contributed by atoms with E-state index >= 15 is 0 Å². The van der Waals surface area contributed by atoms with Gasteiger partial charge in [0.1, 0.15) is 24.5 Å². The molecule has 4 rings (SSSR count). The molecule has 0 spiro atoms. The topological polar surface area (TPSA) is 60.7 Å². The van der Waals surface area contributed by atoms with Gasteiger partial charge in [0.2, 0.25) is 0 Å². The molecule has 2 heterocycles. The van der Waals surface area contributed by atoms with E-state index in [-0.39, 0.29) is 18.5 Å². The maximum Gasteiger partial charge on any atom is 0.311 e. The standard InChI is InChI=1S/C20H18ClNO4/c21-16-3-6-19-18(7-16)15(12-25-19)11-24-17-4-1-13(2-5-17)10-26-20(23)14-8-22-9-14/h1-7,12,14,22H,8-11H2. The number of benzene rings is 2. The van der Waals surface area contributed by atoms with Gasteiger partial charge in [0.25, 0.3) is 0 Å². The lowest BCUT2D eigenvalue weighted by Gasteiger charge is -2.24. The summed E-state index contributed by atoms with van der Waals surface area (Å²) in [5.41, 5.74) is 2.65. The van der Waals surface area contributed by atoms with Gasteiger partial charge >= 0.3 is 5.97 Å². The molecule has 0 aliphatic carbocycles. The molecule has 0 amide bonds. The third kappa shape index (κ3) is 3.69. The van der Waals surface area contributed by atoms with E-state index in [4.69, 9.17) is 25.5 Å². The normalized spacial score (nSPS) is 14.2. The van der Waals surface area contributed by atoms with Crippen LogP contribution in [-0.4, -0.2) is 19.1 Å². The van der Waals surface area contributed by atoms with Gasteiger partial charge < -0.3 is 19.2 Å². The van der Waals surface area contributed by atoms with Crippen LogP contribution >= 0.6 is 11.6 Å². The molecule has 0 bridgehead atoms. The summed E-state index contributed by atoms with van der Waals surface area (Å²) >= 11 is 6.04. The van der Waals surface area contributed by atoms with E-state index in [0.717, 1.165) is 27.8 Å². The quantitative estimate of drug-likeness (QED) is 0.665. The molecule has 1 fully saturated rings. The molecular weight excluding hydrogens is 354 g/mol. The molecule has 134 valence electrons. The van der Waals surface area contributed by atoms with Gasteiger partial charge in [-0.1, -0.05) is 23.7 Å².